The molecule has 0 saturated heterocycles. The molecule has 2 aliphatic rings. The average molecular weight is 331 g/mol. The zero-order valence-corrected chi connectivity index (χ0v) is 12.0. The van der Waals surface area contributed by atoms with E-state index in [1.54, 1.807) is 0 Å². The maximum absolute atomic E-state index is 13.8. The third-order valence-electron chi connectivity index (χ3n) is 4.38. The van der Waals surface area contributed by atoms with Crippen LogP contribution in [-0.2, 0) is 20.9 Å². The highest BCUT2D eigenvalue weighted by atomic mass is 19.1. The molecule has 0 spiro atoms. The number of ether oxygens (including phenoxy) is 2. The summed E-state index contributed by atoms with van der Waals surface area (Å²) < 4.78 is 32.6. The van der Waals surface area contributed by atoms with Gasteiger partial charge in [0.1, 0.15) is 0 Å². The molecule has 126 valence electrons. The summed E-state index contributed by atoms with van der Waals surface area (Å²) >= 11 is 0. The second-order valence-electron chi connectivity index (χ2n) is 5.68. The lowest BCUT2D eigenvalue weighted by Crippen LogP contribution is -2.53. The average Bonchev–Trinajstić information content (AvgIpc) is 2.98. The van der Waals surface area contributed by atoms with Gasteiger partial charge in [0.2, 0.25) is 5.72 Å². The summed E-state index contributed by atoms with van der Waals surface area (Å²) in [4.78, 5) is 33.6. The number of carbonyl (C=O) groups excluding carboxylic acids is 1. The number of rotatable bonds is 4. The predicted molar refractivity (Wildman–Crippen MR) is 67.8 cm³/mol. The van der Waals surface area contributed by atoms with Crippen LogP contribution in [0.5, 0.6) is 0 Å². The van der Waals surface area contributed by atoms with E-state index in [4.69, 9.17) is 15.6 Å². The number of hydrogen-bond donors (Lipinski definition) is 2. The summed E-state index contributed by atoms with van der Waals surface area (Å²) in [7, 11) is 0. The molecule has 9 nitrogen and oxygen atoms in total. The quantitative estimate of drug-likeness (QED) is 0.596. The van der Waals surface area contributed by atoms with Crippen molar-refractivity contribution < 1.29 is 37.4 Å². The largest absolute Gasteiger partial charge is 0.519 e. The second-order valence-corrected chi connectivity index (χ2v) is 5.68. The van der Waals surface area contributed by atoms with Crippen molar-refractivity contribution in [1.82, 2.24) is 0 Å². The number of hydrogen-bond acceptors (Lipinski definition) is 8. The summed E-state index contributed by atoms with van der Waals surface area (Å²) in [6.45, 7) is 1.15. The van der Waals surface area contributed by atoms with Crippen LogP contribution in [0, 0.1) is 24.7 Å². The number of nitrogens with two attached hydrogens (primary N) is 1. The minimum Gasteiger partial charge on any atom is -0.457 e. The van der Waals surface area contributed by atoms with Crippen LogP contribution in [0.2, 0.25) is 0 Å². The normalized spacial score (nSPS) is 34.7. The van der Waals surface area contributed by atoms with E-state index in [-0.39, 0.29) is 24.5 Å². The third kappa shape index (κ3) is 2.48. The molecule has 0 unspecified atom stereocenters. The highest BCUT2D eigenvalue weighted by Crippen LogP contribution is 2.63. The summed E-state index contributed by atoms with van der Waals surface area (Å²) in [6.07, 6.45) is -3.45. The summed E-state index contributed by atoms with van der Waals surface area (Å²) in [5.41, 5.74) is 3.65. The molecule has 2 aliphatic carbocycles. The minimum atomic E-state index is -2.04. The predicted octanol–water partition coefficient (Wildman–Crippen LogP) is 0.538. The number of aryl methyl sites for hydroxylation is 1. The standard InChI is InChI=1S/C13H14FNO8/c1-4-6(22-12(19)21-4)3-20-10(16)8-5-2-7(14)13(15,9(5)8)23-11(17)18/h5,7-9H,2-3,15H2,1H3,(H,17,18)/t5-,7-,8-,9-,13+/m0/s1. The molecule has 3 rings (SSSR count). The van der Waals surface area contributed by atoms with Crippen LogP contribution in [0.3, 0.4) is 0 Å². The first-order chi connectivity index (χ1) is 10.7. The first-order valence-corrected chi connectivity index (χ1v) is 6.85. The number of carboxylic acid groups (broad SMARTS) is 1. The van der Waals surface area contributed by atoms with Gasteiger partial charge in [0.05, 0.1) is 5.92 Å². The number of halogens is 1. The van der Waals surface area contributed by atoms with Gasteiger partial charge in [0.15, 0.2) is 24.3 Å². The zero-order chi connectivity index (χ0) is 16.9. The van der Waals surface area contributed by atoms with Gasteiger partial charge in [-0.25, -0.2) is 14.0 Å². The number of carbonyl (C=O) groups is 2. The van der Waals surface area contributed by atoms with Crippen LogP contribution in [0.4, 0.5) is 9.18 Å². The Hall–Kier alpha value is -2.36. The molecule has 0 bridgehead atoms. The Balaban J connectivity index is 1.63. The third-order valence-corrected chi connectivity index (χ3v) is 4.38. The molecule has 0 aromatic carbocycles. The summed E-state index contributed by atoms with van der Waals surface area (Å²) in [6, 6.07) is 0. The van der Waals surface area contributed by atoms with Gasteiger partial charge in [-0.05, 0) is 19.3 Å². The van der Waals surface area contributed by atoms with Crippen molar-refractivity contribution in [2.45, 2.75) is 31.8 Å². The van der Waals surface area contributed by atoms with E-state index in [0.717, 1.165) is 0 Å². The molecule has 0 amide bonds. The molecule has 3 N–H and O–H groups in total. The number of alkyl halides is 1. The monoisotopic (exact) mass is 331 g/mol. The lowest BCUT2D eigenvalue weighted by molar-refractivity contribution is -0.150. The SMILES string of the molecule is Cc1oc(=O)oc1COC(=O)[C@H]1[C@@H]2C[C@H](F)[C@@](N)(OC(=O)O)[C@@H]21. The van der Waals surface area contributed by atoms with E-state index in [1.807, 2.05) is 0 Å². The van der Waals surface area contributed by atoms with Crippen molar-refractivity contribution in [3.63, 3.8) is 0 Å². The Bertz CT molecular complexity index is 711. The molecule has 0 aliphatic heterocycles. The van der Waals surface area contributed by atoms with Gasteiger partial charge in [0.25, 0.3) is 0 Å². The van der Waals surface area contributed by atoms with Gasteiger partial charge in [-0.15, -0.1) is 0 Å². The van der Waals surface area contributed by atoms with Crippen LogP contribution in [0.25, 0.3) is 0 Å². The molecule has 2 fully saturated rings. The van der Waals surface area contributed by atoms with Crippen molar-refractivity contribution >= 4 is 12.1 Å². The molecule has 2 saturated carbocycles. The smallest absolute Gasteiger partial charge is 0.457 e. The van der Waals surface area contributed by atoms with Crippen molar-refractivity contribution in [3.8, 4) is 0 Å². The van der Waals surface area contributed by atoms with Gasteiger partial charge >= 0.3 is 17.9 Å². The fourth-order valence-electron chi connectivity index (χ4n) is 3.26. The molecule has 1 aromatic rings. The van der Waals surface area contributed by atoms with Crippen molar-refractivity contribution in [2.75, 3.05) is 0 Å². The summed E-state index contributed by atoms with van der Waals surface area (Å²) in [5, 5.41) is 8.67. The maximum Gasteiger partial charge on any atom is 0.519 e. The van der Waals surface area contributed by atoms with E-state index in [2.05, 4.69) is 13.6 Å². The van der Waals surface area contributed by atoms with E-state index < -0.39 is 47.6 Å². The van der Waals surface area contributed by atoms with Crippen LogP contribution < -0.4 is 11.6 Å². The first kappa shape index (κ1) is 15.5. The van der Waals surface area contributed by atoms with Gasteiger partial charge in [-0.3, -0.25) is 10.5 Å². The Labute approximate surface area is 128 Å². The van der Waals surface area contributed by atoms with Crippen molar-refractivity contribution in [3.05, 3.63) is 22.1 Å². The Morgan fingerprint density at radius 1 is 1.48 bits per heavy atom. The van der Waals surface area contributed by atoms with Gasteiger partial charge < -0.3 is 23.4 Å². The molecular weight excluding hydrogens is 317 g/mol. The lowest BCUT2D eigenvalue weighted by atomic mass is 10.0. The van der Waals surface area contributed by atoms with E-state index in [9.17, 15) is 18.8 Å². The number of esters is 1. The van der Waals surface area contributed by atoms with Gasteiger partial charge in [0, 0.05) is 5.92 Å². The topological polar surface area (TPSA) is 142 Å². The van der Waals surface area contributed by atoms with E-state index in [0.29, 0.717) is 0 Å². The van der Waals surface area contributed by atoms with Crippen LogP contribution in [0.15, 0.2) is 13.6 Å². The first-order valence-electron chi connectivity index (χ1n) is 6.85. The fourth-order valence-corrected chi connectivity index (χ4v) is 3.26. The second kappa shape index (κ2) is 5.08. The molecule has 1 aromatic heterocycles. The van der Waals surface area contributed by atoms with Crippen LogP contribution in [-0.4, -0.2) is 29.1 Å². The van der Waals surface area contributed by atoms with Crippen LogP contribution >= 0.6 is 0 Å². The minimum absolute atomic E-state index is 0.0679. The van der Waals surface area contributed by atoms with Crippen LogP contribution in [0.1, 0.15) is 17.9 Å². The Kier molecular flexibility index (Phi) is 3.43. The summed E-state index contributed by atoms with van der Waals surface area (Å²) in [5.74, 6) is -3.28. The van der Waals surface area contributed by atoms with Crippen molar-refractivity contribution in [2.24, 2.45) is 23.5 Å². The van der Waals surface area contributed by atoms with Crippen molar-refractivity contribution in [1.29, 1.82) is 0 Å². The highest BCUT2D eigenvalue weighted by molar-refractivity contribution is 5.77. The zero-order valence-electron chi connectivity index (χ0n) is 12.0. The fraction of sp³-hybridized carbons (Fsp3) is 0.615. The maximum atomic E-state index is 13.8. The van der Waals surface area contributed by atoms with Gasteiger partial charge in [-0.2, -0.15) is 0 Å². The van der Waals surface area contributed by atoms with Gasteiger partial charge in [-0.1, -0.05) is 0 Å². The molecule has 5 atom stereocenters. The Morgan fingerprint density at radius 2 is 2.17 bits per heavy atom. The Morgan fingerprint density at radius 3 is 2.74 bits per heavy atom. The number of fused-ring (bicyclic) bond motifs is 1. The molecule has 23 heavy (non-hydrogen) atoms. The molecule has 0 radical (unpaired) electrons. The lowest BCUT2D eigenvalue weighted by Gasteiger charge is -2.28. The molecule has 10 heteroatoms. The van der Waals surface area contributed by atoms with E-state index in [1.165, 1.54) is 6.92 Å². The molecule has 1 heterocycles. The van der Waals surface area contributed by atoms with E-state index >= 15 is 0 Å². The highest BCUT2D eigenvalue weighted by Gasteiger charge is 2.74. The molecular formula is C13H14FNO8.